The number of methoxy groups -OCH3 is 1. The molecule has 4 heteroatoms. The van der Waals surface area contributed by atoms with Gasteiger partial charge in [0.25, 0.3) is 0 Å². The summed E-state index contributed by atoms with van der Waals surface area (Å²) < 4.78 is 11.0. The Labute approximate surface area is 117 Å². The van der Waals surface area contributed by atoms with Gasteiger partial charge in [-0.1, -0.05) is 24.3 Å². The van der Waals surface area contributed by atoms with Gasteiger partial charge in [0.1, 0.15) is 5.75 Å². The Kier molecular flexibility index (Phi) is 4.39. The molecule has 20 heavy (non-hydrogen) atoms. The van der Waals surface area contributed by atoms with Gasteiger partial charge in [0.2, 0.25) is 5.91 Å². The van der Waals surface area contributed by atoms with Gasteiger partial charge in [0.05, 0.1) is 7.11 Å². The number of carbonyl (C=O) groups is 1. The second-order valence-corrected chi connectivity index (χ2v) is 4.06. The van der Waals surface area contributed by atoms with Crippen LogP contribution in [0.25, 0.3) is 6.08 Å². The molecule has 2 N–H and O–H groups in total. The van der Waals surface area contributed by atoms with Gasteiger partial charge in [-0.2, -0.15) is 0 Å². The fourth-order valence-corrected chi connectivity index (χ4v) is 1.67. The van der Waals surface area contributed by atoms with E-state index in [9.17, 15) is 4.79 Å². The Balaban J connectivity index is 2.29. The lowest BCUT2D eigenvalue weighted by atomic mass is 10.2. The smallest absolute Gasteiger partial charge is 0.241 e. The predicted octanol–water partition coefficient (Wildman–Crippen LogP) is 2.99. The third kappa shape index (κ3) is 3.62. The maximum atomic E-state index is 10.8. The van der Waals surface area contributed by atoms with Crippen molar-refractivity contribution in [2.24, 2.45) is 5.73 Å². The molecule has 2 aromatic carbocycles. The Morgan fingerprint density at radius 2 is 1.85 bits per heavy atom. The molecule has 0 saturated heterocycles. The maximum Gasteiger partial charge on any atom is 0.241 e. The summed E-state index contributed by atoms with van der Waals surface area (Å²) in [5, 5.41) is 0. The molecule has 1 amide bonds. The summed E-state index contributed by atoms with van der Waals surface area (Å²) in [7, 11) is 1.58. The van der Waals surface area contributed by atoms with Crippen molar-refractivity contribution in [3.63, 3.8) is 0 Å². The van der Waals surface area contributed by atoms with Crippen molar-refractivity contribution in [1.82, 2.24) is 0 Å². The molecule has 2 aromatic rings. The van der Waals surface area contributed by atoms with Crippen LogP contribution in [0.2, 0.25) is 0 Å². The first-order valence-electron chi connectivity index (χ1n) is 6.07. The van der Waals surface area contributed by atoms with Crippen LogP contribution in [0.4, 0.5) is 0 Å². The monoisotopic (exact) mass is 269 g/mol. The molecule has 102 valence electrons. The second kappa shape index (κ2) is 6.43. The molecule has 0 saturated carbocycles. The van der Waals surface area contributed by atoms with Crippen molar-refractivity contribution in [2.45, 2.75) is 0 Å². The van der Waals surface area contributed by atoms with E-state index in [0.717, 1.165) is 5.56 Å². The van der Waals surface area contributed by atoms with E-state index in [4.69, 9.17) is 15.2 Å². The van der Waals surface area contributed by atoms with E-state index >= 15 is 0 Å². The van der Waals surface area contributed by atoms with Crippen LogP contribution in [-0.2, 0) is 4.79 Å². The SMILES string of the molecule is COc1ccc(/C=C/C(N)=O)cc1Oc1ccccc1. The van der Waals surface area contributed by atoms with Crippen molar-refractivity contribution in [3.8, 4) is 17.2 Å². The number of para-hydroxylation sites is 1. The fourth-order valence-electron chi connectivity index (χ4n) is 1.67. The van der Waals surface area contributed by atoms with Gasteiger partial charge in [-0.25, -0.2) is 0 Å². The van der Waals surface area contributed by atoms with Crippen molar-refractivity contribution >= 4 is 12.0 Å². The van der Waals surface area contributed by atoms with Crippen LogP contribution in [0.15, 0.2) is 54.6 Å². The molecule has 0 aliphatic rings. The van der Waals surface area contributed by atoms with Crippen LogP contribution in [0, 0.1) is 0 Å². The summed E-state index contributed by atoms with van der Waals surface area (Å²) in [6, 6.07) is 14.8. The van der Waals surface area contributed by atoms with Gasteiger partial charge in [-0.3, -0.25) is 4.79 Å². The third-order valence-corrected chi connectivity index (χ3v) is 2.60. The van der Waals surface area contributed by atoms with Crippen molar-refractivity contribution in [1.29, 1.82) is 0 Å². The molecular weight excluding hydrogens is 254 g/mol. The highest BCUT2D eigenvalue weighted by molar-refractivity contribution is 5.90. The Hall–Kier alpha value is -2.75. The fraction of sp³-hybridized carbons (Fsp3) is 0.0625. The van der Waals surface area contributed by atoms with Crippen LogP contribution in [-0.4, -0.2) is 13.0 Å². The normalized spacial score (nSPS) is 10.4. The number of benzene rings is 2. The second-order valence-electron chi connectivity index (χ2n) is 4.06. The highest BCUT2D eigenvalue weighted by Gasteiger charge is 2.06. The van der Waals surface area contributed by atoms with Crippen LogP contribution in [0.1, 0.15) is 5.56 Å². The van der Waals surface area contributed by atoms with Crippen molar-refractivity contribution in [2.75, 3.05) is 7.11 Å². The van der Waals surface area contributed by atoms with Crippen molar-refractivity contribution < 1.29 is 14.3 Å². The number of hydrogen-bond donors (Lipinski definition) is 1. The molecule has 0 spiro atoms. The topological polar surface area (TPSA) is 61.5 Å². The number of amides is 1. The zero-order valence-electron chi connectivity index (χ0n) is 11.1. The molecule has 2 rings (SSSR count). The largest absolute Gasteiger partial charge is 0.493 e. The summed E-state index contributed by atoms with van der Waals surface area (Å²) in [4.78, 5) is 10.8. The maximum absolute atomic E-state index is 10.8. The summed E-state index contributed by atoms with van der Waals surface area (Å²) in [6.45, 7) is 0. The van der Waals surface area contributed by atoms with Gasteiger partial charge < -0.3 is 15.2 Å². The Bertz CT molecular complexity index is 621. The predicted molar refractivity (Wildman–Crippen MR) is 77.7 cm³/mol. The highest BCUT2D eigenvalue weighted by Crippen LogP contribution is 2.32. The van der Waals surface area contributed by atoms with Crippen LogP contribution in [0.5, 0.6) is 17.2 Å². The Morgan fingerprint density at radius 1 is 1.10 bits per heavy atom. The molecular formula is C16H15NO3. The van der Waals surface area contributed by atoms with Crippen LogP contribution < -0.4 is 15.2 Å². The van der Waals surface area contributed by atoms with Crippen LogP contribution >= 0.6 is 0 Å². The van der Waals surface area contributed by atoms with Crippen LogP contribution in [0.3, 0.4) is 0 Å². The lowest BCUT2D eigenvalue weighted by molar-refractivity contribution is -0.113. The van der Waals surface area contributed by atoms with E-state index in [0.29, 0.717) is 17.2 Å². The van der Waals surface area contributed by atoms with Gasteiger partial charge in [-0.15, -0.1) is 0 Å². The van der Waals surface area contributed by atoms with E-state index in [1.54, 1.807) is 25.3 Å². The quantitative estimate of drug-likeness (QED) is 0.849. The first-order chi connectivity index (χ1) is 9.69. The summed E-state index contributed by atoms with van der Waals surface area (Å²) in [5.41, 5.74) is 5.88. The molecule has 0 aliphatic heterocycles. The minimum atomic E-state index is -0.494. The van der Waals surface area contributed by atoms with E-state index in [-0.39, 0.29) is 0 Å². The molecule has 0 unspecified atom stereocenters. The number of ether oxygens (including phenoxy) is 2. The number of carbonyl (C=O) groups excluding carboxylic acids is 1. The molecule has 0 aromatic heterocycles. The van der Waals surface area contributed by atoms with Gasteiger partial charge >= 0.3 is 0 Å². The van der Waals surface area contributed by atoms with Gasteiger partial charge in [-0.05, 0) is 35.9 Å². The van der Waals surface area contributed by atoms with E-state index in [2.05, 4.69) is 0 Å². The number of primary amides is 1. The highest BCUT2D eigenvalue weighted by atomic mass is 16.5. The standard InChI is InChI=1S/C16H15NO3/c1-19-14-9-7-12(8-10-16(17)18)11-15(14)20-13-5-3-2-4-6-13/h2-11H,1H3,(H2,17,18)/b10-8+. The number of hydrogen-bond acceptors (Lipinski definition) is 3. The summed E-state index contributed by atoms with van der Waals surface area (Å²) in [6.07, 6.45) is 2.92. The molecule has 0 heterocycles. The van der Waals surface area contributed by atoms with Gasteiger partial charge in [0, 0.05) is 6.08 Å². The number of rotatable bonds is 5. The lowest BCUT2D eigenvalue weighted by Gasteiger charge is -2.11. The zero-order valence-corrected chi connectivity index (χ0v) is 11.1. The van der Waals surface area contributed by atoms with E-state index in [1.807, 2.05) is 36.4 Å². The van der Waals surface area contributed by atoms with Gasteiger partial charge in [0.15, 0.2) is 11.5 Å². The van der Waals surface area contributed by atoms with E-state index < -0.39 is 5.91 Å². The number of nitrogens with two attached hydrogens (primary N) is 1. The average molecular weight is 269 g/mol. The zero-order chi connectivity index (χ0) is 14.4. The molecule has 0 aliphatic carbocycles. The summed E-state index contributed by atoms with van der Waals surface area (Å²) >= 11 is 0. The molecule has 0 bridgehead atoms. The first kappa shape index (κ1) is 13.7. The average Bonchev–Trinajstić information content (AvgIpc) is 2.46. The molecule has 0 atom stereocenters. The molecule has 0 fully saturated rings. The molecule has 0 radical (unpaired) electrons. The van der Waals surface area contributed by atoms with E-state index in [1.165, 1.54) is 6.08 Å². The Morgan fingerprint density at radius 3 is 2.50 bits per heavy atom. The lowest BCUT2D eigenvalue weighted by Crippen LogP contribution is -2.05. The molecule has 4 nitrogen and oxygen atoms in total. The van der Waals surface area contributed by atoms with Crippen molar-refractivity contribution in [3.05, 3.63) is 60.2 Å². The first-order valence-corrected chi connectivity index (χ1v) is 6.07. The minimum Gasteiger partial charge on any atom is -0.493 e. The summed E-state index contributed by atoms with van der Waals surface area (Å²) in [5.74, 6) is 1.41. The third-order valence-electron chi connectivity index (χ3n) is 2.60. The minimum absolute atomic E-state index is 0.494.